The van der Waals surface area contributed by atoms with Crippen LogP contribution in [0.15, 0.2) is 35.5 Å². The SMILES string of the molecule is Cc1noc(C)c1-c1nccnc1CC1CCN(C(=O)c2cnccn2)C1. The van der Waals surface area contributed by atoms with Crippen LogP contribution >= 0.6 is 0 Å². The van der Waals surface area contributed by atoms with Gasteiger partial charge in [0.1, 0.15) is 11.5 Å². The van der Waals surface area contributed by atoms with Crippen LogP contribution in [-0.2, 0) is 6.42 Å². The highest BCUT2D eigenvalue weighted by Crippen LogP contribution is 2.30. The largest absolute Gasteiger partial charge is 0.361 e. The molecular weight excluding hydrogens is 344 g/mol. The van der Waals surface area contributed by atoms with Gasteiger partial charge in [0.25, 0.3) is 5.91 Å². The van der Waals surface area contributed by atoms with Crippen molar-refractivity contribution in [2.24, 2.45) is 5.92 Å². The molecule has 138 valence electrons. The zero-order valence-corrected chi connectivity index (χ0v) is 15.3. The van der Waals surface area contributed by atoms with Gasteiger partial charge in [0, 0.05) is 37.9 Å². The molecule has 1 atom stereocenters. The molecule has 0 saturated carbocycles. The van der Waals surface area contributed by atoms with Crippen LogP contribution in [-0.4, -0.2) is 49.0 Å². The summed E-state index contributed by atoms with van der Waals surface area (Å²) >= 11 is 0. The molecule has 8 heteroatoms. The summed E-state index contributed by atoms with van der Waals surface area (Å²) in [6.45, 7) is 5.17. The number of amides is 1. The molecule has 1 fully saturated rings. The Kier molecular flexibility index (Phi) is 4.62. The molecule has 0 radical (unpaired) electrons. The van der Waals surface area contributed by atoms with Gasteiger partial charge in [0.05, 0.1) is 28.8 Å². The van der Waals surface area contributed by atoms with Crippen LogP contribution in [0.5, 0.6) is 0 Å². The number of nitrogens with zero attached hydrogens (tertiary/aromatic N) is 6. The fourth-order valence-corrected chi connectivity index (χ4v) is 3.57. The van der Waals surface area contributed by atoms with Crippen molar-refractivity contribution in [3.63, 3.8) is 0 Å². The predicted molar refractivity (Wildman–Crippen MR) is 96.7 cm³/mol. The maximum atomic E-state index is 12.6. The van der Waals surface area contributed by atoms with Gasteiger partial charge in [-0.25, -0.2) is 4.98 Å². The van der Waals surface area contributed by atoms with Crippen LogP contribution in [0.25, 0.3) is 11.3 Å². The van der Waals surface area contributed by atoms with Crippen molar-refractivity contribution in [3.8, 4) is 11.3 Å². The predicted octanol–water partition coefficient (Wildman–Crippen LogP) is 2.24. The van der Waals surface area contributed by atoms with Crippen molar-refractivity contribution < 1.29 is 9.32 Å². The Labute approximate surface area is 156 Å². The second kappa shape index (κ2) is 7.22. The second-order valence-electron chi connectivity index (χ2n) is 6.75. The first kappa shape index (κ1) is 17.3. The van der Waals surface area contributed by atoms with Crippen molar-refractivity contribution in [1.29, 1.82) is 0 Å². The zero-order chi connectivity index (χ0) is 18.8. The van der Waals surface area contributed by atoms with E-state index in [-0.39, 0.29) is 5.91 Å². The number of aromatic nitrogens is 5. The molecule has 4 rings (SSSR count). The molecule has 27 heavy (non-hydrogen) atoms. The summed E-state index contributed by atoms with van der Waals surface area (Å²) in [6, 6.07) is 0. The lowest BCUT2D eigenvalue weighted by Crippen LogP contribution is -2.29. The van der Waals surface area contributed by atoms with Crippen LogP contribution in [0.3, 0.4) is 0 Å². The molecule has 0 bridgehead atoms. The first-order chi connectivity index (χ1) is 13.1. The summed E-state index contributed by atoms with van der Waals surface area (Å²) in [4.78, 5) is 31.6. The molecule has 3 aromatic heterocycles. The number of hydrogen-bond acceptors (Lipinski definition) is 7. The number of carbonyl (C=O) groups is 1. The molecule has 4 heterocycles. The highest BCUT2D eigenvalue weighted by molar-refractivity contribution is 5.92. The third-order valence-electron chi connectivity index (χ3n) is 4.88. The van der Waals surface area contributed by atoms with Crippen molar-refractivity contribution in [1.82, 2.24) is 30.0 Å². The highest BCUT2D eigenvalue weighted by atomic mass is 16.5. The minimum Gasteiger partial charge on any atom is -0.361 e. The minimum atomic E-state index is -0.0734. The molecule has 0 aliphatic carbocycles. The van der Waals surface area contributed by atoms with Gasteiger partial charge in [-0.3, -0.25) is 19.7 Å². The Hall–Kier alpha value is -3.16. The number of rotatable bonds is 4. The van der Waals surface area contributed by atoms with E-state index in [2.05, 4.69) is 25.1 Å². The van der Waals surface area contributed by atoms with Gasteiger partial charge < -0.3 is 9.42 Å². The van der Waals surface area contributed by atoms with E-state index in [1.807, 2.05) is 18.7 Å². The van der Waals surface area contributed by atoms with Gasteiger partial charge in [0.15, 0.2) is 0 Å². The van der Waals surface area contributed by atoms with E-state index in [1.165, 1.54) is 12.4 Å². The summed E-state index contributed by atoms with van der Waals surface area (Å²) < 4.78 is 5.29. The van der Waals surface area contributed by atoms with Crippen LogP contribution in [0.2, 0.25) is 0 Å². The Bertz CT molecular complexity index is 936. The third kappa shape index (κ3) is 3.42. The second-order valence-corrected chi connectivity index (χ2v) is 6.75. The first-order valence-corrected chi connectivity index (χ1v) is 8.92. The van der Waals surface area contributed by atoms with E-state index in [0.717, 1.165) is 41.2 Å². The fourth-order valence-electron chi connectivity index (χ4n) is 3.57. The van der Waals surface area contributed by atoms with Crippen LogP contribution < -0.4 is 0 Å². The van der Waals surface area contributed by atoms with Crippen molar-refractivity contribution in [3.05, 3.63) is 53.8 Å². The van der Waals surface area contributed by atoms with Gasteiger partial charge in [-0.15, -0.1) is 0 Å². The molecule has 8 nitrogen and oxygen atoms in total. The van der Waals surface area contributed by atoms with Crippen LogP contribution in [0.4, 0.5) is 0 Å². The number of hydrogen-bond donors (Lipinski definition) is 0. The first-order valence-electron chi connectivity index (χ1n) is 8.92. The lowest BCUT2D eigenvalue weighted by atomic mass is 9.98. The van der Waals surface area contributed by atoms with Gasteiger partial charge in [0.2, 0.25) is 0 Å². The smallest absolute Gasteiger partial charge is 0.274 e. The molecule has 1 saturated heterocycles. The topological polar surface area (TPSA) is 97.9 Å². The van der Waals surface area contributed by atoms with E-state index in [9.17, 15) is 4.79 Å². The Morgan fingerprint density at radius 2 is 2.00 bits per heavy atom. The Morgan fingerprint density at radius 3 is 2.74 bits per heavy atom. The van der Waals surface area contributed by atoms with E-state index in [0.29, 0.717) is 24.7 Å². The standard InChI is InChI=1S/C19H20N6O2/c1-12-17(13(2)27-24-12)18-15(21-6-7-23-18)9-14-3-8-25(11-14)19(26)16-10-20-4-5-22-16/h4-7,10,14H,3,8-9,11H2,1-2H3. The van der Waals surface area contributed by atoms with Gasteiger partial charge >= 0.3 is 0 Å². The van der Waals surface area contributed by atoms with E-state index in [1.54, 1.807) is 18.6 Å². The zero-order valence-electron chi connectivity index (χ0n) is 15.3. The highest BCUT2D eigenvalue weighted by Gasteiger charge is 2.29. The normalized spacial score (nSPS) is 16.7. The average molecular weight is 364 g/mol. The summed E-state index contributed by atoms with van der Waals surface area (Å²) in [5.74, 6) is 0.984. The number of aryl methyl sites for hydroxylation is 2. The molecule has 1 amide bonds. The van der Waals surface area contributed by atoms with E-state index >= 15 is 0 Å². The lowest BCUT2D eigenvalue weighted by molar-refractivity contribution is 0.0780. The number of carbonyl (C=O) groups excluding carboxylic acids is 1. The van der Waals surface area contributed by atoms with E-state index < -0.39 is 0 Å². The number of likely N-dealkylation sites (tertiary alicyclic amines) is 1. The molecule has 3 aromatic rings. The van der Waals surface area contributed by atoms with Crippen LogP contribution in [0.1, 0.15) is 34.1 Å². The van der Waals surface area contributed by atoms with Crippen molar-refractivity contribution in [2.45, 2.75) is 26.7 Å². The summed E-state index contributed by atoms with van der Waals surface area (Å²) in [6.07, 6.45) is 9.66. The Morgan fingerprint density at radius 1 is 1.19 bits per heavy atom. The Balaban J connectivity index is 1.51. The molecule has 1 aliphatic rings. The molecule has 0 N–H and O–H groups in total. The molecule has 0 spiro atoms. The fraction of sp³-hybridized carbons (Fsp3) is 0.368. The maximum absolute atomic E-state index is 12.6. The molecule has 1 unspecified atom stereocenters. The van der Waals surface area contributed by atoms with Crippen molar-refractivity contribution >= 4 is 5.91 Å². The van der Waals surface area contributed by atoms with Gasteiger partial charge in [-0.05, 0) is 32.6 Å². The monoisotopic (exact) mass is 364 g/mol. The van der Waals surface area contributed by atoms with Crippen molar-refractivity contribution in [2.75, 3.05) is 13.1 Å². The molecule has 1 aliphatic heterocycles. The lowest BCUT2D eigenvalue weighted by Gasteiger charge is -2.16. The van der Waals surface area contributed by atoms with Crippen LogP contribution in [0, 0.1) is 19.8 Å². The molecular formula is C19H20N6O2. The average Bonchev–Trinajstić information content (AvgIpc) is 3.29. The third-order valence-corrected chi connectivity index (χ3v) is 4.88. The van der Waals surface area contributed by atoms with E-state index in [4.69, 9.17) is 4.52 Å². The summed E-state index contributed by atoms with van der Waals surface area (Å²) in [7, 11) is 0. The minimum absolute atomic E-state index is 0.0734. The quantitative estimate of drug-likeness (QED) is 0.700. The van der Waals surface area contributed by atoms with Gasteiger partial charge in [-0.2, -0.15) is 0 Å². The summed E-state index contributed by atoms with van der Waals surface area (Å²) in [5, 5.41) is 4.03. The van der Waals surface area contributed by atoms with Gasteiger partial charge in [-0.1, -0.05) is 5.16 Å². The maximum Gasteiger partial charge on any atom is 0.274 e. The summed E-state index contributed by atoms with van der Waals surface area (Å²) in [5.41, 5.74) is 3.82. The molecule has 0 aromatic carbocycles.